The molecule has 6 rings (SSSR count). The Morgan fingerprint density at radius 1 is 0.938 bits per heavy atom. The number of hydrogen-bond donors (Lipinski definition) is 2. The van der Waals surface area contributed by atoms with Crippen molar-refractivity contribution in [2.75, 3.05) is 19.6 Å². The van der Waals surface area contributed by atoms with Crippen LogP contribution in [0, 0.1) is 29.0 Å². The molecule has 5 aliphatic rings. The largest absolute Gasteiger partial charge is 0.444 e. The maximum absolute atomic E-state index is 14.3. The van der Waals surface area contributed by atoms with Gasteiger partial charge in [-0.3, -0.25) is 14.4 Å². The van der Waals surface area contributed by atoms with E-state index in [0.717, 1.165) is 37.7 Å². The molecule has 5 fully saturated rings. The van der Waals surface area contributed by atoms with Crippen LogP contribution in [-0.2, 0) is 25.5 Å². The van der Waals surface area contributed by atoms with Gasteiger partial charge in [-0.15, -0.1) is 0 Å². The summed E-state index contributed by atoms with van der Waals surface area (Å²) in [5, 5.41) is 6.36. The number of rotatable bonds is 7. The van der Waals surface area contributed by atoms with Crippen molar-refractivity contribution in [1.29, 1.82) is 0 Å². The molecule has 3 aliphatic heterocycles. The zero-order chi connectivity index (χ0) is 34.9. The number of fused-ring (bicyclic) bond motifs is 3. The van der Waals surface area contributed by atoms with Gasteiger partial charge >= 0.3 is 6.09 Å². The van der Waals surface area contributed by atoms with Crippen LogP contribution in [-0.4, -0.2) is 76.5 Å². The van der Waals surface area contributed by atoms with Gasteiger partial charge in [0.1, 0.15) is 17.5 Å². The van der Waals surface area contributed by atoms with Crippen LogP contribution >= 0.6 is 0 Å². The van der Waals surface area contributed by atoms with Crippen molar-refractivity contribution in [1.82, 2.24) is 20.4 Å². The molecule has 0 unspecified atom stereocenters. The van der Waals surface area contributed by atoms with Gasteiger partial charge in [0.05, 0.1) is 11.3 Å². The fraction of sp³-hybridized carbons (Fsp3) is 0.737. The van der Waals surface area contributed by atoms with Crippen molar-refractivity contribution in [3.05, 3.63) is 35.6 Å². The zero-order valence-electron chi connectivity index (χ0n) is 29.9. The maximum atomic E-state index is 14.3. The molecule has 0 aromatic heterocycles. The van der Waals surface area contributed by atoms with Crippen molar-refractivity contribution in [3.8, 4) is 0 Å². The van der Waals surface area contributed by atoms with Gasteiger partial charge in [0, 0.05) is 37.6 Å². The molecule has 10 heteroatoms. The second-order valence-corrected chi connectivity index (χ2v) is 16.9. The molecule has 1 aromatic carbocycles. The van der Waals surface area contributed by atoms with Gasteiger partial charge in [0.2, 0.25) is 17.7 Å². The van der Waals surface area contributed by atoms with E-state index < -0.39 is 29.1 Å². The molecule has 2 N–H and O–H groups in total. The lowest BCUT2D eigenvalue weighted by Crippen LogP contribution is -2.62. The molecule has 48 heavy (non-hydrogen) atoms. The van der Waals surface area contributed by atoms with E-state index >= 15 is 0 Å². The maximum Gasteiger partial charge on any atom is 0.410 e. The molecular formula is C38H57FN4O5. The molecule has 2 bridgehead atoms. The van der Waals surface area contributed by atoms with E-state index in [-0.39, 0.29) is 53.4 Å². The number of piperidine rings is 3. The van der Waals surface area contributed by atoms with Crippen molar-refractivity contribution < 1.29 is 28.3 Å². The zero-order valence-corrected chi connectivity index (χ0v) is 29.9. The van der Waals surface area contributed by atoms with Gasteiger partial charge in [-0.1, -0.05) is 31.4 Å². The minimum absolute atomic E-state index is 0.0899. The Bertz CT molecular complexity index is 1320. The number of carbonyl (C=O) groups is 4. The van der Waals surface area contributed by atoms with Crippen molar-refractivity contribution in [2.24, 2.45) is 23.2 Å². The van der Waals surface area contributed by atoms with Crippen LogP contribution in [0.1, 0.15) is 111 Å². The van der Waals surface area contributed by atoms with E-state index in [4.69, 9.17) is 4.74 Å². The van der Waals surface area contributed by atoms with Gasteiger partial charge in [-0.05, 0) is 116 Å². The Morgan fingerprint density at radius 3 is 2.17 bits per heavy atom. The lowest BCUT2D eigenvalue weighted by Gasteiger charge is -2.49. The highest BCUT2D eigenvalue weighted by Gasteiger charge is 2.50. The Labute approximate surface area is 286 Å². The molecule has 266 valence electrons. The number of nitrogens with zero attached hydrogens (tertiary/aromatic N) is 2. The van der Waals surface area contributed by atoms with Gasteiger partial charge in [0.15, 0.2) is 0 Å². The number of benzene rings is 1. The third kappa shape index (κ3) is 8.51. The van der Waals surface area contributed by atoms with Crippen LogP contribution in [0.25, 0.3) is 0 Å². The molecule has 3 saturated heterocycles. The summed E-state index contributed by atoms with van der Waals surface area (Å²) in [5.74, 6) is -0.673. The van der Waals surface area contributed by atoms with Crippen LogP contribution in [0.5, 0.6) is 0 Å². The third-order valence-electron chi connectivity index (χ3n) is 11.0. The number of nitrogens with one attached hydrogen (secondary N) is 2. The first kappa shape index (κ1) is 36.1. The number of likely N-dealkylation sites (tertiary alicyclic amines) is 1. The van der Waals surface area contributed by atoms with Crippen molar-refractivity contribution in [3.63, 3.8) is 0 Å². The standard InChI is InChI=1S/C38H57FN4O5/c1-36(2,3)41-34(46)38(27-10-8-7-9-11-27)18-20-42(21-19-38)33(45)30(23-25-12-15-28(39)16-13-25)40-32(44)29-22-26-14-17-31(29)43(24-26)35(47)48-37(4,5)6/h12-13,15-16,26-27,29-31H,7-11,14,17-24H2,1-6H3,(H,40,44)(H,41,46)/t26-,29-,30-,31-/m1/s1. The fourth-order valence-electron chi connectivity index (χ4n) is 8.63. The second-order valence-electron chi connectivity index (χ2n) is 16.9. The predicted molar refractivity (Wildman–Crippen MR) is 182 cm³/mol. The SMILES string of the molecule is CC(C)(C)NC(=O)C1(C2CCCCC2)CCN(C(=O)[C@@H](Cc2ccc(F)cc2)NC(=O)[C@@H]2C[C@H]3CC[C@H]2N(C(=O)OC(C)(C)C)C3)CC1. The Balaban J connectivity index is 1.33. The summed E-state index contributed by atoms with van der Waals surface area (Å²) in [7, 11) is 0. The lowest BCUT2D eigenvalue weighted by molar-refractivity contribution is -0.148. The molecule has 2 saturated carbocycles. The molecule has 3 heterocycles. The van der Waals surface area contributed by atoms with E-state index in [2.05, 4.69) is 10.6 Å². The molecule has 2 aliphatic carbocycles. The molecule has 4 amide bonds. The van der Waals surface area contributed by atoms with Gasteiger partial charge in [-0.25, -0.2) is 9.18 Å². The minimum atomic E-state index is -0.857. The Hall–Kier alpha value is -3.17. The molecule has 9 nitrogen and oxygen atoms in total. The summed E-state index contributed by atoms with van der Waals surface area (Å²) in [5.41, 5.74) is -0.775. The molecule has 4 atom stereocenters. The average molecular weight is 669 g/mol. The fourth-order valence-corrected chi connectivity index (χ4v) is 8.63. The monoisotopic (exact) mass is 668 g/mol. The predicted octanol–water partition coefficient (Wildman–Crippen LogP) is 5.99. The summed E-state index contributed by atoms with van der Waals surface area (Å²) < 4.78 is 19.5. The van der Waals surface area contributed by atoms with E-state index in [1.165, 1.54) is 18.6 Å². The number of ether oxygens (including phenoxy) is 1. The van der Waals surface area contributed by atoms with E-state index in [0.29, 0.717) is 45.3 Å². The topological polar surface area (TPSA) is 108 Å². The highest BCUT2D eigenvalue weighted by Crippen LogP contribution is 2.47. The Kier molecular flexibility index (Phi) is 10.8. The summed E-state index contributed by atoms with van der Waals surface area (Å²) in [4.78, 5) is 58.9. The van der Waals surface area contributed by atoms with Crippen LogP contribution in [0.15, 0.2) is 24.3 Å². The van der Waals surface area contributed by atoms with Crippen molar-refractivity contribution >= 4 is 23.8 Å². The molecule has 1 aromatic rings. The van der Waals surface area contributed by atoms with E-state index in [1.54, 1.807) is 21.9 Å². The van der Waals surface area contributed by atoms with Gasteiger partial charge < -0.3 is 25.2 Å². The highest BCUT2D eigenvalue weighted by molar-refractivity contribution is 5.90. The first-order valence-electron chi connectivity index (χ1n) is 18.2. The van der Waals surface area contributed by atoms with E-state index in [9.17, 15) is 23.6 Å². The molecular weight excluding hydrogens is 611 g/mol. The second kappa shape index (κ2) is 14.4. The quantitative estimate of drug-likeness (QED) is 0.371. The number of hydrogen-bond acceptors (Lipinski definition) is 5. The van der Waals surface area contributed by atoms with Crippen molar-refractivity contribution in [2.45, 2.75) is 135 Å². The lowest BCUT2D eigenvalue weighted by atomic mass is 9.63. The number of carbonyl (C=O) groups excluding carboxylic acids is 4. The van der Waals surface area contributed by atoms with Crippen LogP contribution < -0.4 is 10.6 Å². The number of amides is 4. The first-order valence-corrected chi connectivity index (χ1v) is 18.2. The Morgan fingerprint density at radius 2 is 1.58 bits per heavy atom. The smallest absolute Gasteiger partial charge is 0.410 e. The number of halogens is 1. The van der Waals surface area contributed by atoms with Crippen LogP contribution in [0.2, 0.25) is 0 Å². The molecule has 0 spiro atoms. The third-order valence-corrected chi connectivity index (χ3v) is 11.0. The summed E-state index contributed by atoms with van der Waals surface area (Å²) >= 11 is 0. The minimum Gasteiger partial charge on any atom is -0.444 e. The van der Waals surface area contributed by atoms with E-state index in [1.807, 2.05) is 41.5 Å². The van der Waals surface area contributed by atoms with Crippen LogP contribution in [0.3, 0.4) is 0 Å². The normalized spacial score (nSPS) is 25.3. The van der Waals surface area contributed by atoms with Gasteiger partial charge in [0.25, 0.3) is 0 Å². The summed E-state index contributed by atoms with van der Waals surface area (Å²) in [6.45, 7) is 13.0. The summed E-state index contributed by atoms with van der Waals surface area (Å²) in [6.07, 6.45) is 8.79. The summed E-state index contributed by atoms with van der Waals surface area (Å²) in [6, 6.07) is 4.88. The van der Waals surface area contributed by atoms with Gasteiger partial charge in [-0.2, -0.15) is 0 Å². The highest BCUT2D eigenvalue weighted by atomic mass is 19.1. The first-order chi connectivity index (χ1) is 22.5. The average Bonchev–Trinajstić information content (AvgIpc) is 3.04. The molecule has 0 radical (unpaired) electrons. The van der Waals surface area contributed by atoms with Crippen LogP contribution in [0.4, 0.5) is 9.18 Å².